The number of ether oxygens (including phenoxy) is 1. The molecule has 0 fully saturated rings. The first-order valence-corrected chi connectivity index (χ1v) is 12.8. The number of anilines is 1. The van der Waals surface area contributed by atoms with Crippen LogP contribution >= 0.6 is 0 Å². The zero-order valence-corrected chi connectivity index (χ0v) is 23.2. The minimum Gasteiger partial charge on any atom is -0.494 e. The van der Waals surface area contributed by atoms with Gasteiger partial charge in [0, 0.05) is 23.0 Å². The molecular weight excluding hydrogens is 448 g/mol. The number of hydrogen-bond donors (Lipinski definition) is 2. The third-order valence-electron chi connectivity index (χ3n) is 6.05. The van der Waals surface area contributed by atoms with E-state index in [0.717, 1.165) is 47.7 Å². The molecule has 0 bridgehead atoms. The molecule has 3 N–H and O–H groups in total. The van der Waals surface area contributed by atoms with Gasteiger partial charge in [0.1, 0.15) is 17.2 Å². The number of Topliss-reactive ketones (excluding diaryl/α,β-unsaturated/α-hetero) is 1. The Balaban J connectivity index is 2.01. The Morgan fingerprint density at radius 1 is 1.06 bits per heavy atom. The zero-order valence-electron chi connectivity index (χ0n) is 23.2. The molecule has 0 radical (unpaired) electrons. The van der Waals surface area contributed by atoms with Crippen LogP contribution in [0.5, 0.6) is 5.75 Å². The Kier molecular flexibility index (Phi) is 8.17. The van der Waals surface area contributed by atoms with Gasteiger partial charge < -0.3 is 15.8 Å². The van der Waals surface area contributed by atoms with Crippen LogP contribution in [-0.2, 0) is 17.6 Å². The number of imidazole rings is 1. The predicted molar refractivity (Wildman–Crippen MR) is 149 cm³/mol. The summed E-state index contributed by atoms with van der Waals surface area (Å²) in [7, 11) is 0. The number of fused-ring (bicyclic) bond motifs is 1. The molecule has 0 spiro atoms. The maximum absolute atomic E-state index is 12.3. The molecule has 0 amide bonds. The van der Waals surface area contributed by atoms with Gasteiger partial charge in [0.05, 0.1) is 12.3 Å². The van der Waals surface area contributed by atoms with Crippen LogP contribution in [0.3, 0.4) is 0 Å². The number of ketones is 1. The van der Waals surface area contributed by atoms with E-state index in [0.29, 0.717) is 17.9 Å². The summed E-state index contributed by atoms with van der Waals surface area (Å²) < 4.78 is 7.67. The van der Waals surface area contributed by atoms with Gasteiger partial charge in [0.2, 0.25) is 0 Å². The lowest BCUT2D eigenvalue weighted by molar-refractivity contribution is -0.111. The zero-order chi connectivity index (χ0) is 26.7. The van der Waals surface area contributed by atoms with Crippen molar-refractivity contribution in [1.29, 1.82) is 0 Å². The number of carbonyl (C=O) groups excluding carboxylic acids is 1. The highest BCUT2D eigenvalue weighted by molar-refractivity contribution is 6.20. The molecule has 2 aromatic heterocycles. The van der Waals surface area contributed by atoms with Crippen LogP contribution < -0.4 is 15.8 Å². The summed E-state index contributed by atoms with van der Waals surface area (Å²) >= 11 is 0. The van der Waals surface area contributed by atoms with E-state index in [4.69, 9.17) is 15.5 Å². The first-order valence-electron chi connectivity index (χ1n) is 12.8. The van der Waals surface area contributed by atoms with Crippen molar-refractivity contribution in [3.05, 3.63) is 65.1 Å². The van der Waals surface area contributed by atoms with Gasteiger partial charge in [-0.05, 0) is 94.7 Å². The van der Waals surface area contributed by atoms with E-state index in [9.17, 15) is 4.79 Å². The maximum Gasteiger partial charge on any atom is 0.162 e. The Labute approximate surface area is 216 Å². The van der Waals surface area contributed by atoms with Gasteiger partial charge in [0.25, 0.3) is 0 Å². The standard InChI is InChI=1S/C30H42N4O2/c1-9-36-24-13-10-22(11-14-24)12-15-25-28(33-30(7,8)19-29(4,5)6)34-17-16-23(18-26(34)32-25)27(20(2)31)21(3)35/h10-11,13-14,16-18,33H,9,12,15,19,31H2,1-8H3. The molecule has 0 aliphatic heterocycles. The second-order valence-corrected chi connectivity index (χ2v) is 11.5. The highest BCUT2D eigenvalue weighted by atomic mass is 16.5. The number of nitrogens with one attached hydrogen (secondary N) is 1. The summed E-state index contributed by atoms with van der Waals surface area (Å²) in [5, 5.41) is 3.80. The van der Waals surface area contributed by atoms with Crippen LogP contribution in [0.15, 0.2) is 48.3 Å². The Morgan fingerprint density at radius 3 is 2.28 bits per heavy atom. The molecule has 0 aliphatic carbocycles. The lowest BCUT2D eigenvalue weighted by Crippen LogP contribution is -2.36. The SMILES string of the molecule is CCOc1ccc(CCc2nc3cc(C(C(C)=O)=C(C)N)ccn3c2NC(C)(C)CC(C)(C)C)cc1. The maximum atomic E-state index is 12.3. The Hall–Kier alpha value is -3.28. The number of pyridine rings is 1. The van der Waals surface area contributed by atoms with Crippen LogP contribution in [0.25, 0.3) is 11.2 Å². The molecule has 0 atom stereocenters. The Bertz CT molecular complexity index is 1240. The highest BCUT2D eigenvalue weighted by Crippen LogP contribution is 2.32. The lowest BCUT2D eigenvalue weighted by atomic mass is 9.82. The van der Waals surface area contributed by atoms with E-state index in [1.54, 1.807) is 13.8 Å². The van der Waals surface area contributed by atoms with Gasteiger partial charge in [-0.2, -0.15) is 0 Å². The van der Waals surface area contributed by atoms with E-state index in [-0.39, 0.29) is 16.7 Å². The number of hydrogen-bond acceptors (Lipinski definition) is 5. The molecule has 1 aromatic carbocycles. The van der Waals surface area contributed by atoms with Gasteiger partial charge >= 0.3 is 0 Å². The molecule has 2 heterocycles. The topological polar surface area (TPSA) is 81.6 Å². The van der Waals surface area contributed by atoms with E-state index >= 15 is 0 Å². The minimum atomic E-state index is -0.140. The first-order chi connectivity index (χ1) is 16.8. The number of nitrogens with zero attached hydrogens (tertiary/aromatic N) is 2. The molecule has 0 aliphatic rings. The second kappa shape index (κ2) is 10.8. The smallest absolute Gasteiger partial charge is 0.162 e. The number of rotatable bonds is 10. The number of nitrogens with two attached hydrogens (primary N) is 1. The largest absolute Gasteiger partial charge is 0.494 e. The van der Waals surface area contributed by atoms with Gasteiger partial charge in [0.15, 0.2) is 5.78 Å². The van der Waals surface area contributed by atoms with Crippen LogP contribution in [0, 0.1) is 5.41 Å². The first kappa shape index (κ1) is 27.3. The number of allylic oxidation sites excluding steroid dienone is 2. The number of benzene rings is 1. The van der Waals surface area contributed by atoms with Gasteiger partial charge in [-0.15, -0.1) is 0 Å². The summed E-state index contributed by atoms with van der Waals surface area (Å²) in [5.41, 5.74) is 10.9. The summed E-state index contributed by atoms with van der Waals surface area (Å²) in [4.78, 5) is 17.3. The molecule has 6 heteroatoms. The molecular formula is C30H42N4O2. The third-order valence-corrected chi connectivity index (χ3v) is 6.05. The van der Waals surface area contributed by atoms with Crippen LogP contribution in [0.4, 0.5) is 5.82 Å². The second-order valence-electron chi connectivity index (χ2n) is 11.5. The van der Waals surface area contributed by atoms with E-state index in [1.807, 2.05) is 37.4 Å². The average Bonchev–Trinajstić information content (AvgIpc) is 3.07. The fourth-order valence-corrected chi connectivity index (χ4v) is 5.14. The fourth-order valence-electron chi connectivity index (χ4n) is 5.14. The average molecular weight is 491 g/mol. The quantitative estimate of drug-likeness (QED) is 0.320. The Morgan fingerprint density at radius 2 is 1.72 bits per heavy atom. The van der Waals surface area contributed by atoms with Crippen molar-refractivity contribution >= 4 is 22.8 Å². The molecule has 6 nitrogen and oxygen atoms in total. The van der Waals surface area contributed by atoms with Gasteiger partial charge in [-0.3, -0.25) is 9.20 Å². The van der Waals surface area contributed by atoms with Crippen molar-refractivity contribution in [1.82, 2.24) is 9.38 Å². The van der Waals surface area contributed by atoms with Crippen molar-refractivity contribution in [3.63, 3.8) is 0 Å². The lowest BCUT2D eigenvalue weighted by Gasteiger charge is -2.34. The van der Waals surface area contributed by atoms with Crippen molar-refractivity contribution in [3.8, 4) is 5.75 Å². The normalized spacial score (nSPS) is 13.0. The van der Waals surface area contributed by atoms with E-state index < -0.39 is 0 Å². The van der Waals surface area contributed by atoms with Crippen molar-refractivity contribution < 1.29 is 9.53 Å². The molecule has 194 valence electrons. The minimum absolute atomic E-state index is 0.0497. The molecule has 36 heavy (non-hydrogen) atoms. The van der Waals surface area contributed by atoms with E-state index in [2.05, 4.69) is 56.5 Å². The predicted octanol–water partition coefficient (Wildman–Crippen LogP) is 6.42. The van der Waals surface area contributed by atoms with Crippen LogP contribution in [0.1, 0.15) is 78.6 Å². The molecule has 0 saturated carbocycles. The van der Waals surface area contributed by atoms with Crippen molar-refractivity contribution in [2.75, 3.05) is 11.9 Å². The number of carbonyl (C=O) groups is 1. The molecule has 3 rings (SSSR count). The number of aromatic nitrogens is 2. The molecule has 3 aromatic rings. The molecule has 0 unspecified atom stereocenters. The molecule has 0 saturated heterocycles. The van der Waals surface area contributed by atoms with Crippen molar-refractivity contribution in [2.45, 2.75) is 80.2 Å². The summed E-state index contributed by atoms with van der Waals surface area (Å²) in [6, 6.07) is 12.2. The number of aryl methyl sites for hydroxylation is 2. The van der Waals surface area contributed by atoms with Crippen LogP contribution in [0.2, 0.25) is 0 Å². The summed E-state index contributed by atoms with van der Waals surface area (Å²) in [6.07, 6.45) is 4.62. The van der Waals surface area contributed by atoms with E-state index in [1.165, 1.54) is 5.56 Å². The monoisotopic (exact) mass is 490 g/mol. The highest BCUT2D eigenvalue weighted by Gasteiger charge is 2.28. The summed E-state index contributed by atoms with van der Waals surface area (Å²) in [6.45, 7) is 17.2. The summed E-state index contributed by atoms with van der Waals surface area (Å²) in [5.74, 6) is 1.83. The van der Waals surface area contributed by atoms with Gasteiger partial charge in [-0.25, -0.2) is 4.98 Å². The van der Waals surface area contributed by atoms with Crippen molar-refractivity contribution in [2.24, 2.45) is 11.1 Å². The van der Waals surface area contributed by atoms with Crippen LogP contribution in [-0.4, -0.2) is 27.3 Å². The third kappa shape index (κ3) is 6.90. The van der Waals surface area contributed by atoms with Gasteiger partial charge in [-0.1, -0.05) is 32.9 Å². The fraction of sp³-hybridized carbons (Fsp3) is 0.467.